The van der Waals surface area contributed by atoms with Crippen molar-refractivity contribution >= 4 is 22.8 Å². The van der Waals surface area contributed by atoms with Crippen LogP contribution in [0.4, 0.5) is 5.82 Å². The van der Waals surface area contributed by atoms with Gasteiger partial charge in [-0.1, -0.05) is 6.85 Å². The van der Waals surface area contributed by atoms with Gasteiger partial charge in [0.25, 0.3) is 6.50 Å². The molecular weight excluding hydrogens is 292 g/mol. The van der Waals surface area contributed by atoms with Crippen LogP contribution in [0.2, 0.25) is 0 Å². The monoisotopic (exact) mass is 318 g/mol. The van der Waals surface area contributed by atoms with Gasteiger partial charge < -0.3 is 19.6 Å². The molecule has 7 heteroatoms. The standard InChI is InChI=1S/C16H20N6O/c1-11-5-7-22(14(23)8-17-2)9-13(11)21(3)16-12-4-6-18-15(12)19-10-20-16/h4,6,10-11,13H,5,7-9H2,1,3H3,(H,18,19,20)/t11-,13+/m1/s1/i1D3,8D2,10D. The normalized spacial score (nSPS) is 26.2. The topological polar surface area (TPSA) is 69.5 Å². The molecule has 1 aliphatic heterocycles. The highest BCUT2D eigenvalue weighted by Gasteiger charge is 2.33. The first-order valence-corrected chi connectivity index (χ1v) is 7.18. The van der Waals surface area contributed by atoms with Gasteiger partial charge in [0.15, 0.2) is 0 Å². The number of amides is 1. The van der Waals surface area contributed by atoms with E-state index in [-0.39, 0.29) is 25.8 Å². The minimum Gasteiger partial charge on any atom is -0.354 e. The molecule has 120 valence electrons. The lowest BCUT2D eigenvalue weighted by Gasteiger charge is -2.41. The molecule has 7 nitrogen and oxygen atoms in total. The Morgan fingerprint density at radius 3 is 3.39 bits per heavy atom. The number of fused-ring (bicyclic) bond motifs is 1. The summed E-state index contributed by atoms with van der Waals surface area (Å²) in [5, 5.41) is 0.604. The third kappa shape index (κ3) is 2.84. The highest BCUT2D eigenvalue weighted by atomic mass is 16.2. The summed E-state index contributed by atoms with van der Waals surface area (Å²) in [6.45, 7) is 1.89. The second kappa shape index (κ2) is 6.24. The van der Waals surface area contributed by atoms with E-state index in [2.05, 4.69) is 19.8 Å². The average Bonchev–Trinajstić information content (AvgIpc) is 3.13. The second-order valence-corrected chi connectivity index (χ2v) is 5.44. The Labute approximate surface area is 143 Å². The van der Waals surface area contributed by atoms with E-state index in [4.69, 9.17) is 14.8 Å². The van der Waals surface area contributed by atoms with Gasteiger partial charge in [-0.2, -0.15) is 0 Å². The lowest BCUT2D eigenvalue weighted by molar-refractivity contribution is -0.130. The molecule has 1 N–H and O–H groups in total. The van der Waals surface area contributed by atoms with Gasteiger partial charge in [-0.25, -0.2) is 16.5 Å². The highest BCUT2D eigenvalue weighted by molar-refractivity contribution is 5.87. The van der Waals surface area contributed by atoms with Crippen molar-refractivity contribution in [1.29, 1.82) is 0 Å². The molecular formula is C16H20N6O. The van der Waals surface area contributed by atoms with E-state index in [0.29, 0.717) is 16.9 Å². The number of carbonyl (C=O) groups is 1. The van der Waals surface area contributed by atoms with Crippen molar-refractivity contribution in [2.24, 2.45) is 5.92 Å². The number of anilines is 1. The molecule has 1 aliphatic rings. The number of piperidine rings is 1. The van der Waals surface area contributed by atoms with Gasteiger partial charge in [0.1, 0.15) is 21.9 Å². The largest absolute Gasteiger partial charge is 0.354 e. The molecule has 1 fully saturated rings. The number of rotatable bonds is 3. The Morgan fingerprint density at radius 1 is 1.74 bits per heavy atom. The zero-order valence-electron chi connectivity index (χ0n) is 18.6. The van der Waals surface area contributed by atoms with Crippen LogP contribution in [0.15, 0.2) is 18.6 Å². The average molecular weight is 318 g/mol. The predicted octanol–water partition coefficient (Wildman–Crippen LogP) is 1.55. The van der Waals surface area contributed by atoms with Crippen molar-refractivity contribution in [2.45, 2.75) is 19.3 Å². The molecule has 1 saturated heterocycles. The molecule has 3 rings (SSSR count). The molecule has 0 radical (unpaired) electrons. The quantitative estimate of drug-likeness (QED) is 0.872. The molecule has 0 aliphatic carbocycles. The lowest BCUT2D eigenvalue weighted by atomic mass is 9.92. The third-order valence-corrected chi connectivity index (χ3v) is 4.14. The SMILES string of the molecule is [2H]c1nc(N(C)[C@H]2CN(C(=O)C([2H])([2H])[N+]#[C-])CC[C@H]2C([2H])([2H])[2H])c2cc[nH]c2n1. The number of hydrogen-bond donors (Lipinski definition) is 1. The summed E-state index contributed by atoms with van der Waals surface area (Å²) in [5.41, 5.74) is 0.436. The summed E-state index contributed by atoms with van der Waals surface area (Å²) in [6.07, 6.45) is 1.53. The van der Waals surface area contributed by atoms with Crippen molar-refractivity contribution in [3.8, 4) is 0 Å². The van der Waals surface area contributed by atoms with E-state index in [1.165, 1.54) is 4.90 Å². The Hall–Kier alpha value is -2.62. The summed E-state index contributed by atoms with van der Waals surface area (Å²) in [5.74, 6) is -1.43. The van der Waals surface area contributed by atoms with Crippen molar-refractivity contribution in [2.75, 3.05) is 31.5 Å². The van der Waals surface area contributed by atoms with Crippen molar-refractivity contribution in [1.82, 2.24) is 19.9 Å². The van der Waals surface area contributed by atoms with Crippen LogP contribution in [0.5, 0.6) is 0 Å². The number of H-pyrrole nitrogens is 1. The first-order valence-electron chi connectivity index (χ1n) is 10.2. The van der Waals surface area contributed by atoms with Crippen molar-refractivity contribution in [3.63, 3.8) is 0 Å². The van der Waals surface area contributed by atoms with Gasteiger partial charge in [-0.15, -0.1) is 0 Å². The van der Waals surface area contributed by atoms with Crippen LogP contribution in [0.25, 0.3) is 15.9 Å². The van der Waals surface area contributed by atoms with Crippen LogP contribution in [0.1, 0.15) is 21.5 Å². The fraction of sp³-hybridized carbons (Fsp3) is 0.500. The van der Waals surface area contributed by atoms with Gasteiger partial charge >= 0.3 is 5.91 Å². The number of aromatic amines is 1. The second-order valence-electron chi connectivity index (χ2n) is 5.44. The first kappa shape index (κ1) is 9.50. The molecule has 0 bridgehead atoms. The highest BCUT2D eigenvalue weighted by Crippen LogP contribution is 2.28. The Kier molecular flexibility index (Phi) is 2.58. The Morgan fingerprint density at radius 2 is 2.61 bits per heavy atom. The molecule has 0 spiro atoms. The molecule has 2 aromatic rings. The van der Waals surface area contributed by atoms with Crippen LogP contribution in [-0.4, -0.2) is 58.4 Å². The summed E-state index contributed by atoms with van der Waals surface area (Å²) >= 11 is 0. The number of nitrogens with zero attached hydrogens (tertiary/aromatic N) is 5. The van der Waals surface area contributed by atoms with Crippen molar-refractivity contribution in [3.05, 3.63) is 30.0 Å². The van der Waals surface area contributed by atoms with E-state index in [9.17, 15) is 4.79 Å². The number of aromatic nitrogens is 3. The Balaban J connectivity index is 2.00. The lowest BCUT2D eigenvalue weighted by Crippen LogP contribution is -2.53. The molecule has 0 unspecified atom stereocenters. The molecule has 0 aromatic carbocycles. The number of likely N-dealkylation sites (tertiary alicyclic amines) is 1. The molecule has 0 saturated carbocycles. The number of likely N-dealkylation sites (N-methyl/N-ethyl adjacent to an activating group) is 1. The number of hydrogen-bond acceptors (Lipinski definition) is 4. The van der Waals surface area contributed by atoms with Gasteiger partial charge in [-0.05, 0) is 18.4 Å². The molecule has 3 heterocycles. The van der Waals surface area contributed by atoms with E-state index in [1.807, 2.05) is 0 Å². The van der Waals surface area contributed by atoms with Gasteiger partial charge in [0.05, 0.1) is 11.4 Å². The maximum atomic E-state index is 12.5. The fourth-order valence-electron chi connectivity index (χ4n) is 2.87. The van der Waals surface area contributed by atoms with E-state index in [1.54, 1.807) is 24.2 Å². The van der Waals surface area contributed by atoms with Gasteiger partial charge in [0.2, 0.25) is 0 Å². The van der Waals surface area contributed by atoms with Gasteiger partial charge in [-0.3, -0.25) is 4.79 Å². The molecule has 23 heavy (non-hydrogen) atoms. The predicted molar refractivity (Wildman–Crippen MR) is 87.9 cm³/mol. The maximum Gasteiger partial charge on any atom is 0.302 e. The number of nitrogens with one attached hydrogen (secondary N) is 1. The smallest absolute Gasteiger partial charge is 0.302 e. The zero-order chi connectivity index (χ0) is 21.6. The molecule has 2 atom stereocenters. The maximum absolute atomic E-state index is 12.5. The third-order valence-electron chi connectivity index (χ3n) is 4.14. The van der Waals surface area contributed by atoms with Crippen molar-refractivity contribution < 1.29 is 13.0 Å². The van der Waals surface area contributed by atoms with Crippen LogP contribution in [0.3, 0.4) is 0 Å². The number of carbonyl (C=O) groups excluding carboxylic acids is 1. The fourth-order valence-corrected chi connectivity index (χ4v) is 2.87. The first-order chi connectivity index (χ1) is 13.5. The van der Waals surface area contributed by atoms with Crippen LogP contribution >= 0.6 is 0 Å². The van der Waals surface area contributed by atoms with Gasteiger partial charge in [0, 0.05) is 30.4 Å². The van der Waals surface area contributed by atoms with Crippen LogP contribution in [0, 0.1) is 12.5 Å². The van der Waals surface area contributed by atoms with E-state index < -0.39 is 31.2 Å². The Bertz CT molecular complexity index is 967. The van der Waals surface area contributed by atoms with Crippen LogP contribution < -0.4 is 4.90 Å². The van der Waals surface area contributed by atoms with E-state index in [0.717, 1.165) is 0 Å². The summed E-state index contributed by atoms with van der Waals surface area (Å²) in [7, 11) is 1.63. The summed E-state index contributed by atoms with van der Waals surface area (Å²) in [4.78, 5) is 29.1. The minimum atomic E-state index is -2.70. The van der Waals surface area contributed by atoms with E-state index >= 15 is 0 Å². The van der Waals surface area contributed by atoms with Crippen LogP contribution in [-0.2, 0) is 4.79 Å². The molecule has 1 amide bonds. The summed E-state index contributed by atoms with van der Waals surface area (Å²) < 4.78 is 46.8. The zero-order valence-corrected chi connectivity index (χ0v) is 12.6. The molecule has 2 aromatic heterocycles. The summed E-state index contributed by atoms with van der Waals surface area (Å²) in [6, 6.07) is 1.00. The minimum absolute atomic E-state index is 0.0499.